The van der Waals surface area contributed by atoms with Crippen molar-refractivity contribution in [3.05, 3.63) is 65.5 Å². The van der Waals surface area contributed by atoms with E-state index < -0.39 is 16.8 Å². The predicted molar refractivity (Wildman–Crippen MR) is 131 cm³/mol. The Morgan fingerprint density at radius 3 is 2.18 bits per heavy atom. The summed E-state index contributed by atoms with van der Waals surface area (Å²) in [7, 11) is 1.60. The van der Waals surface area contributed by atoms with Gasteiger partial charge >= 0.3 is 5.97 Å². The molecule has 5 nitrogen and oxygen atoms in total. The summed E-state index contributed by atoms with van der Waals surface area (Å²) in [5.41, 5.74) is 0.231. The zero-order valence-corrected chi connectivity index (χ0v) is 20.5. The minimum Gasteiger partial charge on any atom is -0.497 e. The molecular formula is C27H32ClFN2O3. The van der Waals surface area contributed by atoms with Crippen molar-refractivity contribution in [3.8, 4) is 11.8 Å². The molecule has 2 unspecified atom stereocenters. The topological polar surface area (TPSA) is 73.6 Å². The van der Waals surface area contributed by atoms with E-state index in [1.807, 2.05) is 31.2 Å². The maximum absolute atomic E-state index is 13.4. The molecule has 2 aliphatic rings. The van der Waals surface area contributed by atoms with E-state index in [1.165, 1.54) is 12.1 Å². The van der Waals surface area contributed by atoms with Gasteiger partial charge in [0.25, 0.3) is 0 Å². The van der Waals surface area contributed by atoms with Gasteiger partial charge in [-0.2, -0.15) is 5.26 Å². The number of rotatable bonds is 5. The van der Waals surface area contributed by atoms with Crippen LogP contribution >= 0.6 is 12.4 Å². The van der Waals surface area contributed by atoms with Gasteiger partial charge in [-0.15, -0.1) is 12.4 Å². The molecule has 2 atom stereocenters. The summed E-state index contributed by atoms with van der Waals surface area (Å²) in [6, 6.07) is 16.6. The summed E-state index contributed by atoms with van der Waals surface area (Å²) in [6.07, 6.45) is 3.76. The number of methoxy groups -OCH3 is 1. The third kappa shape index (κ3) is 4.52. The highest BCUT2D eigenvalue weighted by molar-refractivity contribution is 5.85. The number of nitrogens with zero attached hydrogens (tertiary/aromatic N) is 2. The van der Waals surface area contributed by atoms with Crippen LogP contribution in [-0.2, 0) is 15.6 Å². The Bertz CT molecular complexity index is 1030. The number of nitriles is 1. The van der Waals surface area contributed by atoms with Gasteiger partial charge in [-0.3, -0.25) is 4.79 Å². The summed E-state index contributed by atoms with van der Waals surface area (Å²) in [4.78, 5) is 14.9. The van der Waals surface area contributed by atoms with Gasteiger partial charge in [0.2, 0.25) is 0 Å². The zero-order chi connectivity index (χ0) is 23.6. The van der Waals surface area contributed by atoms with Crippen molar-refractivity contribution in [2.45, 2.75) is 55.9 Å². The SMILES string of the molecule is COc1ccc(C2(C(=O)O)CCN(C3CCC(C#N)(c4ccc(F)cc4)CC3)CC2C)cc1.Cl. The summed E-state index contributed by atoms with van der Waals surface area (Å²) >= 11 is 0. The molecular weight excluding hydrogens is 455 g/mol. The fourth-order valence-electron chi connectivity index (χ4n) is 5.95. The van der Waals surface area contributed by atoms with Crippen LogP contribution in [0.25, 0.3) is 0 Å². The molecule has 2 fully saturated rings. The fraction of sp³-hybridized carbons (Fsp3) is 0.481. The van der Waals surface area contributed by atoms with Crippen LogP contribution in [0.2, 0.25) is 0 Å². The van der Waals surface area contributed by atoms with E-state index in [1.54, 1.807) is 19.2 Å². The number of piperidine rings is 1. The largest absolute Gasteiger partial charge is 0.497 e. The molecule has 0 spiro atoms. The molecule has 0 aromatic heterocycles. The lowest BCUT2D eigenvalue weighted by atomic mass is 9.65. The second-order valence-corrected chi connectivity index (χ2v) is 9.58. The van der Waals surface area contributed by atoms with Crippen LogP contribution in [0.4, 0.5) is 4.39 Å². The van der Waals surface area contributed by atoms with E-state index in [4.69, 9.17) is 4.74 Å². The Balaban J connectivity index is 0.00000324. The van der Waals surface area contributed by atoms with Crippen molar-refractivity contribution >= 4 is 18.4 Å². The first kappa shape index (κ1) is 26.0. The maximum Gasteiger partial charge on any atom is 0.314 e. The number of carboxylic acids is 1. The highest BCUT2D eigenvalue weighted by Gasteiger charge is 2.50. The summed E-state index contributed by atoms with van der Waals surface area (Å²) in [5.74, 6) is -0.407. The van der Waals surface area contributed by atoms with Gasteiger partial charge in [0.05, 0.1) is 24.0 Å². The minimum absolute atomic E-state index is 0. The first-order valence-corrected chi connectivity index (χ1v) is 11.6. The summed E-state index contributed by atoms with van der Waals surface area (Å²) in [6.45, 7) is 3.45. The average molecular weight is 487 g/mol. The zero-order valence-electron chi connectivity index (χ0n) is 19.7. The normalized spacial score (nSPS) is 29.5. The van der Waals surface area contributed by atoms with Gasteiger partial charge in [-0.05, 0) is 80.0 Å². The molecule has 7 heteroatoms. The van der Waals surface area contributed by atoms with E-state index in [0.717, 1.165) is 36.8 Å². The van der Waals surface area contributed by atoms with E-state index in [9.17, 15) is 19.6 Å². The number of likely N-dealkylation sites (tertiary alicyclic amines) is 1. The van der Waals surface area contributed by atoms with Gasteiger partial charge in [-0.1, -0.05) is 31.2 Å². The number of halogens is 2. The standard InChI is InChI=1S/C27H31FN2O3.ClH/c1-19-17-30(16-15-27(19,25(31)32)21-5-9-24(33-2)10-6-21)23-11-13-26(18-29,14-12-23)20-3-7-22(28)8-4-20;/h3-10,19,23H,11-17H2,1-2H3,(H,31,32);1H. The van der Waals surface area contributed by atoms with E-state index in [0.29, 0.717) is 31.3 Å². The molecule has 1 aliphatic carbocycles. The molecule has 1 saturated heterocycles. The van der Waals surface area contributed by atoms with Gasteiger partial charge in [-0.25, -0.2) is 4.39 Å². The fourth-order valence-corrected chi connectivity index (χ4v) is 5.95. The predicted octanol–water partition coefficient (Wildman–Crippen LogP) is 5.32. The Kier molecular flexibility index (Phi) is 7.90. The lowest BCUT2D eigenvalue weighted by Gasteiger charge is -2.48. The van der Waals surface area contributed by atoms with Crippen LogP contribution in [0.15, 0.2) is 48.5 Å². The molecule has 0 radical (unpaired) electrons. The number of hydrogen-bond donors (Lipinski definition) is 1. The Morgan fingerprint density at radius 2 is 1.68 bits per heavy atom. The number of carboxylic acid groups (broad SMARTS) is 1. The molecule has 2 aromatic rings. The Hall–Kier alpha value is -2.62. The van der Waals surface area contributed by atoms with Gasteiger partial charge in [0.15, 0.2) is 0 Å². The van der Waals surface area contributed by atoms with E-state index in [-0.39, 0.29) is 24.1 Å². The third-order valence-corrected chi connectivity index (χ3v) is 8.07. The van der Waals surface area contributed by atoms with Crippen LogP contribution in [0.3, 0.4) is 0 Å². The van der Waals surface area contributed by atoms with Crippen molar-refractivity contribution in [2.24, 2.45) is 5.92 Å². The molecule has 1 N–H and O–H groups in total. The Labute approximate surface area is 206 Å². The molecule has 2 aromatic carbocycles. The smallest absolute Gasteiger partial charge is 0.314 e. The number of aliphatic carboxylic acids is 1. The highest BCUT2D eigenvalue weighted by atomic mass is 35.5. The molecule has 4 rings (SSSR count). The minimum atomic E-state index is -0.915. The van der Waals surface area contributed by atoms with Crippen molar-refractivity contribution in [1.29, 1.82) is 5.26 Å². The molecule has 1 aliphatic heterocycles. The summed E-state index contributed by atoms with van der Waals surface area (Å²) < 4.78 is 18.6. The van der Waals surface area contributed by atoms with Crippen LogP contribution in [0.5, 0.6) is 5.75 Å². The lowest BCUT2D eigenvalue weighted by Crippen LogP contribution is -2.56. The van der Waals surface area contributed by atoms with Crippen molar-refractivity contribution in [2.75, 3.05) is 20.2 Å². The number of benzene rings is 2. The molecule has 34 heavy (non-hydrogen) atoms. The molecule has 182 valence electrons. The molecule has 0 amide bonds. The van der Waals surface area contributed by atoms with Crippen LogP contribution in [0, 0.1) is 23.1 Å². The van der Waals surface area contributed by atoms with Crippen LogP contribution in [-0.4, -0.2) is 42.2 Å². The molecule has 0 bridgehead atoms. The van der Waals surface area contributed by atoms with Crippen molar-refractivity contribution in [1.82, 2.24) is 4.90 Å². The number of carbonyl (C=O) groups is 1. The Morgan fingerprint density at radius 1 is 1.09 bits per heavy atom. The summed E-state index contributed by atoms with van der Waals surface area (Å²) in [5, 5.41) is 20.2. The first-order valence-electron chi connectivity index (χ1n) is 11.6. The van der Waals surface area contributed by atoms with E-state index in [2.05, 4.69) is 11.0 Å². The van der Waals surface area contributed by atoms with Gasteiger partial charge in [0, 0.05) is 12.6 Å². The second-order valence-electron chi connectivity index (χ2n) is 9.58. The molecule has 1 saturated carbocycles. The van der Waals surface area contributed by atoms with E-state index >= 15 is 0 Å². The number of ether oxygens (including phenoxy) is 1. The van der Waals surface area contributed by atoms with Crippen molar-refractivity contribution < 1.29 is 19.0 Å². The average Bonchev–Trinajstić information content (AvgIpc) is 2.84. The highest BCUT2D eigenvalue weighted by Crippen LogP contribution is 2.45. The second kappa shape index (κ2) is 10.3. The van der Waals surface area contributed by atoms with Gasteiger partial charge < -0.3 is 14.7 Å². The number of hydrogen-bond acceptors (Lipinski definition) is 4. The van der Waals surface area contributed by atoms with Gasteiger partial charge in [0.1, 0.15) is 11.6 Å². The third-order valence-electron chi connectivity index (χ3n) is 8.07. The van der Waals surface area contributed by atoms with Crippen LogP contribution < -0.4 is 4.74 Å². The van der Waals surface area contributed by atoms with Crippen LogP contribution in [0.1, 0.15) is 50.2 Å². The molecule has 1 heterocycles. The first-order chi connectivity index (χ1) is 15.8. The maximum atomic E-state index is 13.4. The monoisotopic (exact) mass is 486 g/mol. The quantitative estimate of drug-likeness (QED) is 0.618. The van der Waals surface area contributed by atoms with Crippen molar-refractivity contribution in [3.63, 3.8) is 0 Å². The lowest BCUT2D eigenvalue weighted by molar-refractivity contribution is -0.149.